The summed E-state index contributed by atoms with van der Waals surface area (Å²) in [4.78, 5) is 0. The summed E-state index contributed by atoms with van der Waals surface area (Å²) in [5.74, 6) is 0. The molecule has 1 aromatic carbocycles. The van der Waals surface area contributed by atoms with Gasteiger partial charge in [-0.1, -0.05) is 40.0 Å². The zero-order valence-electron chi connectivity index (χ0n) is 22.1. The van der Waals surface area contributed by atoms with Crippen LogP contribution in [0.2, 0.25) is 0 Å². The van der Waals surface area contributed by atoms with Crippen LogP contribution in [-0.2, 0) is 32.6 Å². The Hall–Kier alpha value is -1.29. The summed E-state index contributed by atoms with van der Waals surface area (Å²) in [6, 6.07) is 8.58. The average molecular weight is 589 g/mol. The van der Waals surface area contributed by atoms with E-state index in [1.807, 2.05) is 13.8 Å². The van der Waals surface area contributed by atoms with Gasteiger partial charge in [0.15, 0.2) is 0 Å². The van der Waals surface area contributed by atoms with E-state index in [1.165, 1.54) is 36.0 Å². The molecule has 197 valence electrons. The van der Waals surface area contributed by atoms with Crippen molar-refractivity contribution < 1.29 is 52.5 Å². The predicted octanol–water partition coefficient (Wildman–Crippen LogP) is 9.35. The van der Waals surface area contributed by atoms with Crippen LogP contribution in [0.1, 0.15) is 79.2 Å². The largest absolute Gasteiger partial charge is 2.00 e. The summed E-state index contributed by atoms with van der Waals surface area (Å²) in [6.07, 6.45) is 0.118. The quantitative estimate of drug-likeness (QED) is 0.129. The van der Waals surface area contributed by atoms with Gasteiger partial charge in [0.05, 0.1) is 0 Å². The van der Waals surface area contributed by atoms with Crippen LogP contribution < -0.4 is 0 Å². The van der Waals surface area contributed by atoms with E-state index in [0.29, 0.717) is 18.9 Å². The number of unbranched alkanes of at least 4 members (excludes halogenated alkanes) is 2. The van der Waals surface area contributed by atoms with Crippen LogP contribution >= 0.6 is 0 Å². The molecule has 0 fully saturated rings. The third-order valence-electron chi connectivity index (χ3n) is 5.54. The molecule has 0 unspecified atom stereocenters. The molecule has 0 atom stereocenters. The van der Waals surface area contributed by atoms with Gasteiger partial charge in [-0.25, -0.2) is 23.3 Å². The Kier molecular flexibility index (Phi) is 18.5. The zero-order chi connectivity index (χ0) is 27.2. The molecule has 0 saturated heterocycles. The van der Waals surface area contributed by atoms with Gasteiger partial charge in [0.1, 0.15) is 0 Å². The Morgan fingerprint density at radius 3 is 1.86 bits per heavy atom. The van der Waals surface area contributed by atoms with E-state index >= 15 is 0 Å². The van der Waals surface area contributed by atoms with Crippen LogP contribution in [0, 0.1) is 6.08 Å². The van der Waals surface area contributed by atoms with Crippen molar-refractivity contribution in [1.82, 2.24) is 0 Å². The number of alkyl halides is 6. The van der Waals surface area contributed by atoms with Gasteiger partial charge in [0.25, 0.3) is 0 Å². The fraction of sp³-hybridized carbons (Fsp3) is 0.500. The maximum absolute atomic E-state index is 12.7. The molecule has 0 heterocycles. The average Bonchev–Trinajstić information content (AvgIpc) is 3.43. The third kappa shape index (κ3) is 13.3. The van der Waals surface area contributed by atoms with Gasteiger partial charge in [0, 0.05) is 0 Å². The number of halogens is 6. The maximum atomic E-state index is 12.7. The fourth-order valence-electron chi connectivity index (χ4n) is 3.17. The normalized spacial score (nSPS) is 14.4. The Bertz CT molecular complexity index is 881. The van der Waals surface area contributed by atoms with E-state index in [9.17, 15) is 26.3 Å². The van der Waals surface area contributed by atoms with Crippen LogP contribution in [0.4, 0.5) is 26.3 Å². The van der Waals surface area contributed by atoms with Crippen LogP contribution in [0.15, 0.2) is 64.3 Å². The monoisotopic (exact) mass is 587 g/mol. The maximum Gasteiger partial charge on any atom is 2.00 e. The summed E-state index contributed by atoms with van der Waals surface area (Å²) in [6.45, 7) is 12.1. The summed E-state index contributed by atoms with van der Waals surface area (Å²) in [7, 11) is 5.28. The Balaban J connectivity index is 0. The van der Waals surface area contributed by atoms with E-state index in [4.69, 9.17) is 7.49 Å². The van der Waals surface area contributed by atoms with Crippen molar-refractivity contribution in [3.8, 4) is 0 Å². The first-order valence-electron chi connectivity index (χ1n) is 11.8. The number of aryl methyl sites for hydroxylation is 1. The summed E-state index contributed by atoms with van der Waals surface area (Å²) in [5.41, 5.74) is -0.184. The van der Waals surface area contributed by atoms with Crippen LogP contribution in [-0.4, -0.2) is 25.3 Å². The van der Waals surface area contributed by atoms with Gasteiger partial charge < -0.3 is 0 Å². The van der Waals surface area contributed by atoms with Crippen LogP contribution in [0.3, 0.4) is 0 Å². The first kappa shape index (κ1) is 36.9. The number of allylic oxidation sites excluding steroid dienone is 8. The smallest absolute Gasteiger partial charge is 2.00 e. The first-order valence-corrected chi connectivity index (χ1v) is 11.8. The Morgan fingerprint density at radius 2 is 1.50 bits per heavy atom. The van der Waals surface area contributed by atoms with Crippen molar-refractivity contribution in [2.75, 3.05) is 0 Å². The molecular weight excluding hydrogens is 552 g/mol. The second-order valence-corrected chi connectivity index (χ2v) is 8.21. The molecule has 0 aliphatic heterocycles. The van der Waals surface area contributed by atoms with Crippen molar-refractivity contribution in [2.45, 2.75) is 92.4 Å². The molecule has 0 saturated carbocycles. The standard InChI is InChI=1S/C11H10BF6.C9H13.C8H13.Zr/c1-2-3-4-6-8(12)5-7(10(13,14)15)9(6)11(16,17)18;1-2-3-6-9-7-4-5-8-9;1-5-7(3)8(4)6-2;/h5H,2-4H2,1H3;4-5,7-8H,2-3,6H2,1H3;5H,1-4H3;/q;2*-1;+2. The molecule has 0 N–H and O–H groups in total. The van der Waals surface area contributed by atoms with Crippen molar-refractivity contribution in [3.05, 3.63) is 75.9 Å². The number of rotatable bonds is 7. The molecule has 0 bridgehead atoms. The zero-order valence-corrected chi connectivity index (χ0v) is 24.5. The molecule has 1 aliphatic carbocycles. The van der Waals surface area contributed by atoms with Gasteiger partial charge in [-0.15, -0.1) is 13.8 Å². The molecule has 8 heteroatoms. The minimum absolute atomic E-state index is 0. The molecule has 0 spiro atoms. The Morgan fingerprint density at radius 1 is 0.972 bits per heavy atom. The van der Waals surface area contributed by atoms with Gasteiger partial charge in [0.2, 0.25) is 0 Å². The van der Waals surface area contributed by atoms with Crippen molar-refractivity contribution in [3.63, 3.8) is 0 Å². The topological polar surface area (TPSA) is 0 Å². The molecule has 2 rings (SSSR count). The SMILES string of the molecule is CCCC[c-]1cccc1.C[C-]=C(C)C(C)=CC.[B]=C1C=C(C(F)(F)F)C(C(F)(F)F)=C1CCCC.[Zr+2]. The molecule has 0 nitrogen and oxygen atoms in total. The number of hydrogen-bond acceptors (Lipinski definition) is 0. The van der Waals surface area contributed by atoms with Gasteiger partial charge in [-0.3, -0.25) is 6.08 Å². The predicted molar refractivity (Wildman–Crippen MR) is 136 cm³/mol. The van der Waals surface area contributed by atoms with Gasteiger partial charge in [-0.2, -0.15) is 23.8 Å². The molecule has 1 radical (unpaired) electrons. The minimum Gasteiger partial charge on any atom is 2.00 e. The molecule has 36 heavy (non-hydrogen) atoms. The third-order valence-corrected chi connectivity index (χ3v) is 5.54. The van der Waals surface area contributed by atoms with E-state index in [-0.39, 0.29) is 32.6 Å². The van der Waals surface area contributed by atoms with E-state index < -0.39 is 34.5 Å². The minimum atomic E-state index is -5.05. The van der Waals surface area contributed by atoms with E-state index in [2.05, 4.69) is 57.2 Å². The number of hydrogen-bond donors (Lipinski definition) is 0. The van der Waals surface area contributed by atoms with Crippen LogP contribution in [0.25, 0.3) is 0 Å². The Labute approximate surface area is 233 Å². The van der Waals surface area contributed by atoms with Crippen LogP contribution in [0.5, 0.6) is 0 Å². The molecule has 1 aliphatic rings. The van der Waals surface area contributed by atoms with Gasteiger partial charge >= 0.3 is 127 Å². The van der Waals surface area contributed by atoms with Crippen molar-refractivity contribution in [1.29, 1.82) is 0 Å². The van der Waals surface area contributed by atoms with Crippen molar-refractivity contribution in [2.24, 2.45) is 0 Å². The summed E-state index contributed by atoms with van der Waals surface area (Å²) >= 11 is 0. The molecule has 0 aromatic heterocycles. The molecule has 0 amide bonds. The van der Waals surface area contributed by atoms with E-state index in [0.717, 1.165) is 0 Å². The molecule has 1 aromatic rings. The van der Waals surface area contributed by atoms with Gasteiger partial charge in [-0.05, 0) is 0 Å². The summed E-state index contributed by atoms with van der Waals surface area (Å²) in [5, 5.41) is 0. The second kappa shape index (κ2) is 18.0. The van der Waals surface area contributed by atoms with Crippen molar-refractivity contribution >= 4 is 13.0 Å². The fourth-order valence-corrected chi connectivity index (χ4v) is 3.17. The summed E-state index contributed by atoms with van der Waals surface area (Å²) < 4.78 is 75.8. The first-order chi connectivity index (χ1) is 16.2. The molecular formula is C28H36BF6Zr. The second-order valence-electron chi connectivity index (χ2n) is 8.21. The van der Waals surface area contributed by atoms with E-state index in [1.54, 1.807) is 6.92 Å².